The summed E-state index contributed by atoms with van der Waals surface area (Å²) in [5.74, 6) is 2.01. The van der Waals surface area contributed by atoms with E-state index in [2.05, 4.69) is 6.58 Å². The molecule has 0 aliphatic rings. The van der Waals surface area contributed by atoms with Gasteiger partial charge in [-0.3, -0.25) is 0 Å². The average molecular weight is 265 g/mol. The number of anilines is 1. The lowest BCUT2D eigenvalue weighted by Crippen LogP contribution is -1.94. The van der Waals surface area contributed by atoms with E-state index in [0.29, 0.717) is 6.61 Å². The van der Waals surface area contributed by atoms with Crippen LogP contribution in [0.25, 0.3) is 0 Å². The summed E-state index contributed by atoms with van der Waals surface area (Å²) >= 11 is 1.81. The number of nitrogen functional groups attached to an aromatic ring is 1. The third-order valence-electron chi connectivity index (χ3n) is 2.61. The number of thioether (sulfide) groups is 1. The average Bonchev–Trinajstić information content (AvgIpc) is 2.37. The first-order valence-electron chi connectivity index (χ1n) is 6.54. The van der Waals surface area contributed by atoms with Crippen molar-refractivity contribution >= 4 is 17.4 Å². The van der Waals surface area contributed by atoms with E-state index >= 15 is 0 Å². The number of unbranched alkanes of at least 4 members (excludes halogenated alkanes) is 3. The van der Waals surface area contributed by atoms with Gasteiger partial charge in [0.2, 0.25) is 0 Å². The molecule has 0 saturated heterocycles. The fourth-order valence-corrected chi connectivity index (χ4v) is 2.65. The molecule has 18 heavy (non-hydrogen) atoms. The van der Waals surface area contributed by atoms with Gasteiger partial charge < -0.3 is 10.5 Å². The number of benzene rings is 1. The zero-order valence-electron chi connectivity index (χ0n) is 11.2. The summed E-state index contributed by atoms with van der Waals surface area (Å²) in [6.07, 6.45) is 6.81. The maximum absolute atomic E-state index is 5.96. The highest BCUT2D eigenvalue weighted by molar-refractivity contribution is 7.99. The first kappa shape index (κ1) is 15.0. The van der Waals surface area contributed by atoms with Crippen LogP contribution in [0.4, 0.5) is 5.69 Å². The standard InChI is InChI=1S/C15H23NOS/c1-3-5-6-7-8-11-18-15-12-13(17-4-2)9-10-14(15)16/h3,9-10,12H,1,4-8,11,16H2,2H3. The Balaban J connectivity index is 2.36. The van der Waals surface area contributed by atoms with Gasteiger partial charge in [0, 0.05) is 10.6 Å². The molecule has 1 aromatic carbocycles. The van der Waals surface area contributed by atoms with Gasteiger partial charge in [0.25, 0.3) is 0 Å². The van der Waals surface area contributed by atoms with E-state index in [4.69, 9.17) is 10.5 Å². The van der Waals surface area contributed by atoms with Gasteiger partial charge in [0.1, 0.15) is 5.75 Å². The second kappa shape index (κ2) is 8.92. The normalized spacial score (nSPS) is 10.3. The summed E-state index contributed by atoms with van der Waals surface area (Å²) in [5.41, 5.74) is 6.80. The number of allylic oxidation sites excluding steroid dienone is 1. The van der Waals surface area contributed by atoms with Crippen molar-refractivity contribution < 1.29 is 4.74 Å². The van der Waals surface area contributed by atoms with Crippen molar-refractivity contribution in [3.05, 3.63) is 30.9 Å². The summed E-state index contributed by atoms with van der Waals surface area (Å²) in [5, 5.41) is 0. The highest BCUT2D eigenvalue weighted by Crippen LogP contribution is 2.30. The van der Waals surface area contributed by atoms with Crippen LogP contribution >= 0.6 is 11.8 Å². The van der Waals surface area contributed by atoms with Crippen LogP contribution in [0, 0.1) is 0 Å². The quantitative estimate of drug-likeness (QED) is 0.309. The largest absolute Gasteiger partial charge is 0.494 e. The van der Waals surface area contributed by atoms with Crippen molar-refractivity contribution in [1.29, 1.82) is 0 Å². The smallest absolute Gasteiger partial charge is 0.120 e. The lowest BCUT2D eigenvalue weighted by Gasteiger charge is -2.08. The Hall–Kier alpha value is -1.09. The second-order valence-corrected chi connectivity index (χ2v) is 5.26. The number of ether oxygens (including phenoxy) is 1. The molecule has 0 saturated carbocycles. The van der Waals surface area contributed by atoms with Crippen LogP contribution in [0.2, 0.25) is 0 Å². The molecule has 0 atom stereocenters. The van der Waals surface area contributed by atoms with Crippen LogP contribution < -0.4 is 10.5 Å². The molecular formula is C15H23NOS. The highest BCUT2D eigenvalue weighted by atomic mass is 32.2. The summed E-state index contributed by atoms with van der Waals surface area (Å²) in [6, 6.07) is 5.88. The number of hydrogen-bond acceptors (Lipinski definition) is 3. The number of nitrogens with two attached hydrogens (primary N) is 1. The summed E-state index contributed by atoms with van der Waals surface area (Å²) in [6.45, 7) is 6.41. The highest BCUT2D eigenvalue weighted by Gasteiger charge is 2.02. The molecule has 0 bridgehead atoms. The molecule has 1 aromatic rings. The first-order chi connectivity index (χ1) is 8.77. The van der Waals surface area contributed by atoms with Crippen LogP contribution in [0.3, 0.4) is 0 Å². The van der Waals surface area contributed by atoms with E-state index in [1.54, 1.807) is 0 Å². The molecule has 1 rings (SSSR count). The van der Waals surface area contributed by atoms with Crippen molar-refractivity contribution in [3.63, 3.8) is 0 Å². The van der Waals surface area contributed by atoms with Crippen molar-refractivity contribution in [1.82, 2.24) is 0 Å². The van der Waals surface area contributed by atoms with Gasteiger partial charge in [0.05, 0.1) is 6.61 Å². The van der Waals surface area contributed by atoms with Gasteiger partial charge in [-0.15, -0.1) is 18.3 Å². The van der Waals surface area contributed by atoms with Crippen molar-refractivity contribution in [2.75, 3.05) is 18.1 Å². The lowest BCUT2D eigenvalue weighted by atomic mass is 10.2. The Labute approximate surface area is 115 Å². The molecule has 0 aliphatic carbocycles. The monoisotopic (exact) mass is 265 g/mol. The van der Waals surface area contributed by atoms with Gasteiger partial charge in [-0.25, -0.2) is 0 Å². The molecule has 2 nitrogen and oxygen atoms in total. The molecule has 0 aliphatic heterocycles. The molecule has 0 radical (unpaired) electrons. The van der Waals surface area contributed by atoms with Crippen LogP contribution in [0.1, 0.15) is 32.6 Å². The van der Waals surface area contributed by atoms with E-state index in [1.165, 1.54) is 19.3 Å². The molecule has 0 fully saturated rings. The Morgan fingerprint density at radius 1 is 1.33 bits per heavy atom. The van der Waals surface area contributed by atoms with E-state index in [1.807, 2.05) is 43.0 Å². The molecule has 100 valence electrons. The maximum atomic E-state index is 5.96. The molecule has 0 unspecified atom stereocenters. The van der Waals surface area contributed by atoms with E-state index < -0.39 is 0 Å². The second-order valence-electron chi connectivity index (χ2n) is 4.12. The minimum absolute atomic E-state index is 0.690. The molecule has 3 heteroatoms. The van der Waals surface area contributed by atoms with Gasteiger partial charge in [-0.2, -0.15) is 0 Å². The molecule has 0 heterocycles. The number of rotatable bonds is 9. The predicted octanol–water partition coefficient (Wildman–Crippen LogP) is 4.51. The van der Waals surface area contributed by atoms with E-state index in [0.717, 1.165) is 28.5 Å². The zero-order chi connectivity index (χ0) is 13.2. The molecule has 0 aromatic heterocycles. The summed E-state index contributed by atoms with van der Waals surface area (Å²) in [4.78, 5) is 1.13. The zero-order valence-corrected chi connectivity index (χ0v) is 12.0. The van der Waals surface area contributed by atoms with Gasteiger partial charge in [-0.05, 0) is 50.1 Å². The third-order valence-corrected chi connectivity index (χ3v) is 3.76. The Kier molecular flexibility index (Phi) is 7.42. The predicted molar refractivity (Wildman–Crippen MR) is 81.4 cm³/mol. The lowest BCUT2D eigenvalue weighted by molar-refractivity contribution is 0.339. The topological polar surface area (TPSA) is 35.2 Å². The number of hydrogen-bond donors (Lipinski definition) is 1. The van der Waals surface area contributed by atoms with Crippen molar-refractivity contribution in [2.24, 2.45) is 0 Å². The van der Waals surface area contributed by atoms with Crippen molar-refractivity contribution in [2.45, 2.75) is 37.5 Å². The van der Waals surface area contributed by atoms with Gasteiger partial charge in [-0.1, -0.05) is 12.5 Å². The molecule has 2 N–H and O–H groups in total. The van der Waals surface area contributed by atoms with Crippen molar-refractivity contribution in [3.8, 4) is 5.75 Å². The van der Waals surface area contributed by atoms with Gasteiger partial charge in [0.15, 0.2) is 0 Å². The minimum Gasteiger partial charge on any atom is -0.494 e. The third kappa shape index (κ3) is 5.50. The fraction of sp³-hybridized carbons (Fsp3) is 0.467. The molecule has 0 spiro atoms. The summed E-state index contributed by atoms with van der Waals surface area (Å²) < 4.78 is 5.48. The van der Waals surface area contributed by atoms with Crippen LogP contribution in [0.5, 0.6) is 5.75 Å². The Morgan fingerprint density at radius 2 is 2.17 bits per heavy atom. The minimum atomic E-state index is 0.690. The first-order valence-corrected chi connectivity index (χ1v) is 7.52. The molecule has 0 amide bonds. The maximum Gasteiger partial charge on any atom is 0.120 e. The summed E-state index contributed by atoms with van der Waals surface area (Å²) in [7, 11) is 0. The Bertz CT molecular complexity index is 366. The van der Waals surface area contributed by atoms with Crippen LogP contribution in [-0.4, -0.2) is 12.4 Å². The van der Waals surface area contributed by atoms with Gasteiger partial charge >= 0.3 is 0 Å². The molecular weight excluding hydrogens is 242 g/mol. The van der Waals surface area contributed by atoms with E-state index in [9.17, 15) is 0 Å². The van der Waals surface area contributed by atoms with Crippen LogP contribution in [0.15, 0.2) is 35.7 Å². The van der Waals surface area contributed by atoms with Crippen LogP contribution in [-0.2, 0) is 0 Å². The Morgan fingerprint density at radius 3 is 2.89 bits per heavy atom. The van der Waals surface area contributed by atoms with E-state index in [-0.39, 0.29) is 0 Å². The SMILES string of the molecule is C=CCCCCCSc1cc(OCC)ccc1N. The fourth-order valence-electron chi connectivity index (χ4n) is 1.65.